The predicted octanol–water partition coefficient (Wildman–Crippen LogP) is 3.44. The van der Waals surface area contributed by atoms with Gasteiger partial charge >= 0.3 is 0 Å². The van der Waals surface area contributed by atoms with Gasteiger partial charge in [-0.25, -0.2) is 4.98 Å². The van der Waals surface area contributed by atoms with Crippen molar-refractivity contribution in [1.82, 2.24) is 4.98 Å². The summed E-state index contributed by atoms with van der Waals surface area (Å²) >= 11 is 6.57. The van der Waals surface area contributed by atoms with Gasteiger partial charge in [0.15, 0.2) is 0 Å². The van der Waals surface area contributed by atoms with E-state index in [4.69, 9.17) is 5.73 Å². The molecule has 1 amide bonds. The summed E-state index contributed by atoms with van der Waals surface area (Å²) in [6, 6.07) is 8.66. The van der Waals surface area contributed by atoms with Crippen LogP contribution in [0.1, 0.15) is 10.5 Å². The number of pyridine rings is 1. The lowest BCUT2D eigenvalue weighted by atomic mass is 10.2. The number of nitrogen functional groups attached to an aromatic ring is 1. The highest BCUT2D eigenvalue weighted by atomic mass is 79.9. The van der Waals surface area contributed by atoms with Crippen LogP contribution < -0.4 is 11.1 Å². The van der Waals surface area contributed by atoms with Crippen LogP contribution in [-0.2, 0) is 0 Å². The summed E-state index contributed by atoms with van der Waals surface area (Å²) in [4.78, 5) is 15.9. The molecule has 2 aromatic rings. The number of benzene rings is 1. The second kappa shape index (κ2) is 5.49. The average Bonchev–Trinajstić information content (AvgIpc) is 2.33. The van der Waals surface area contributed by atoms with Gasteiger partial charge in [-0.2, -0.15) is 0 Å². The molecule has 0 radical (unpaired) electrons. The number of hydrogen-bond acceptors (Lipinski definition) is 3. The minimum Gasteiger partial charge on any atom is -0.397 e. The molecule has 0 unspecified atom stereocenters. The Balaban J connectivity index is 2.18. The molecule has 18 heavy (non-hydrogen) atoms. The molecular weight excluding hydrogens is 362 g/mol. The first-order valence-corrected chi connectivity index (χ1v) is 6.63. The molecule has 4 nitrogen and oxygen atoms in total. The molecule has 0 saturated carbocycles. The average molecular weight is 371 g/mol. The maximum absolute atomic E-state index is 11.9. The van der Waals surface area contributed by atoms with Crippen molar-refractivity contribution in [3.8, 4) is 0 Å². The lowest BCUT2D eigenvalue weighted by Crippen LogP contribution is -2.14. The van der Waals surface area contributed by atoms with Crippen molar-refractivity contribution in [2.45, 2.75) is 0 Å². The number of halogens is 2. The summed E-state index contributed by atoms with van der Waals surface area (Å²) in [6.45, 7) is 0. The Bertz CT molecular complexity index is 584. The van der Waals surface area contributed by atoms with Crippen molar-refractivity contribution in [3.63, 3.8) is 0 Å². The van der Waals surface area contributed by atoms with Crippen LogP contribution in [0.15, 0.2) is 45.5 Å². The number of aromatic nitrogens is 1. The van der Waals surface area contributed by atoms with Gasteiger partial charge < -0.3 is 11.1 Å². The molecule has 0 aliphatic heterocycles. The van der Waals surface area contributed by atoms with Crippen LogP contribution in [0, 0.1) is 0 Å². The molecule has 3 N–H and O–H groups in total. The van der Waals surface area contributed by atoms with Gasteiger partial charge in [-0.15, -0.1) is 0 Å². The Morgan fingerprint density at radius 1 is 1.17 bits per heavy atom. The van der Waals surface area contributed by atoms with Gasteiger partial charge in [-0.05, 0) is 46.3 Å². The third kappa shape index (κ3) is 3.08. The van der Waals surface area contributed by atoms with Crippen molar-refractivity contribution in [3.05, 3.63) is 51.2 Å². The van der Waals surface area contributed by atoms with E-state index in [1.54, 1.807) is 36.5 Å². The Labute approximate surface area is 121 Å². The molecule has 1 heterocycles. The van der Waals surface area contributed by atoms with Crippen LogP contribution in [-0.4, -0.2) is 10.9 Å². The van der Waals surface area contributed by atoms with E-state index < -0.39 is 0 Å². The largest absolute Gasteiger partial charge is 0.397 e. The molecule has 0 spiro atoms. The SMILES string of the molecule is Nc1cc(Br)ccc1NC(=O)c1ccc(Br)cn1. The first-order valence-electron chi connectivity index (χ1n) is 5.04. The number of rotatable bonds is 2. The van der Waals surface area contributed by atoms with Crippen molar-refractivity contribution in [1.29, 1.82) is 0 Å². The van der Waals surface area contributed by atoms with Gasteiger partial charge in [0.2, 0.25) is 0 Å². The summed E-state index contributed by atoms with van der Waals surface area (Å²) in [5.41, 5.74) is 7.19. The number of hydrogen-bond donors (Lipinski definition) is 2. The zero-order valence-electron chi connectivity index (χ0n) is 9.15. The molecule has 0 fully saturated rings. The second-order valence-electron chi connectivity index (χ2n) is 3.55. The zero-order chi connectivity index (χ0) is 13.1. The summed E-state index contributed by atoms with van der Waals surface area (Å²) in [6.07, 6.45) is 1.57. The number of nitrogens with zero attached hydrogens (tertiary/aromatic N) is 1. The topological polar surface area (TPSA) is 68.0 Å². The molecule has 2 rings (SSSR count). The Morgan fingerprint density at radius 3 is 2.50 bits per heavy atom. The van der Waals surface area contributed by atoms with E-state index >= 15 is 0 Å². The summed E-state index contributed by atoms with van der Waals surface area (Å²) in [7, 11) is 0. The van der Waals surface area contributed by atoms with Crippen LogP contribution in [0.25, 0.3) is 0 Å². The van der Waals surface area contributed by atoms with E-state index in [0.29, 0.717) is 17.1 Å². The smallest absolute Gasteiger partial charge is 0.274 e. The minimum absolute atomic E-state index is 0.295. The third-order valence-electron chi connectivity index (χ3n) is 2.22. The molecular formula is C12H9Br2N3O. The molecule has 0 atom stereocenters. The highest BCUT2D eigenvalue weighted by Crippen LogP contribution is 2.23. The predicted molar refractivity (Wildman–Crippen MR) is 78.4 cm³/mol. The maximum atomic E-state index is 11.9. The van der Waals surface area contributed by atoms with E-state index in [9.17, 15) is 4.79 Å². The Hall–Kier alpha value is -1.40. The molecule has 1 aromatic carbocycles. The normalized spacial score (nSPS) is 10.1. The molecule has 1 aromatic heterocycles. The van der Waals surface area contributed by atoms with E-state index in [-0.39, 0.29) is 5.91 Å². The molecule has 0 aliphatic carbocycles. The summed E-state index contributed by atoms with van der Waals surface area (Å²) in [5, 5.41) is 2.71. The Kier molecular flexibility index (Phi) is 3.98. The number of nitrogens with two attached hydrogens (primary N) is 1. The van der Waals surface area contributed by atoms with Crippen molar-refractivity contribution in [2.75, 3.05) is 11.1 Å². The van der Waals surface area contributed by atoms with Crippen LogP contribution in [0.5, 0.6) is 0 Å². The zero-order valence-corrected chi connectivity index (χ0v) is 12.3. The third-order valence-corrected chi connectivity index (χ3v) is 3.18. The van der Waals surface area contributed by atoms with E-state index in [1.165, 1.54) is 0 Å². The van der Waals surface area contributed by atoms with Gasteiger partial charge in [0.1, 0.15) is 5.69 Å². The van der Waals surface area contributed by atoms with Crippen LogP contribution >= 0.6 is 31.9 Å². The van der Waals surface area contributed by atoms with Gasteiger partial charge in [0, 0.05) is 15.1 Å². The van der Waals surface area contributed by atoms with Gasteiger partial charge in [0.25, 0.3) is 5.91 Å². The highest BCUT2D eigenvalue weighted by molar-refractivity contribution is 9.10. The number of nitrogens with one attached hydrogen (secondary N) is 1. The Morgan fingerprint density at radius 2 is 1.89 bits per heavy atom. The van der Waals surface area contributed by atoms with E-state index in [1.807, 2.05) is 0 Å². The molecule has 6 heteroatoms. The quantitative estimate of drug-likeness (QED) is 0.795. The second-order valence-corrected chi connectivity index (χ2v) is 5.38. The lowest BCUT2D eigenvalue weighted by molar-refractivity contribution is 0.102. The fourth-order valence-corrected chi connectivity index (χ4v) is 1.96. The maximum Gasteiger partial charge on any atom is 0.274 e. The first kappa shape index (κ1) is 13.0. The van der Waals surface area contributed by atoms with Crippen LogP contribution in [0.4, 0.5) is 11.4 Å². The fourth-order valence-electron chi connectivity index (χ4n) is 1.34. The number of carbonyl (C=O) groups excluding carboxylic acids is 1. The minimum atomic E-state index is -0.295. The van der Waals surface area contributed by atoms with Crippen molar-refractivity contribution in [2.24, 2.45) is 0 Å². The number of carbonyl (C=O) groups is 1. The summed E-state index contributed by atoms with van der Waals surface area (Å²) < 4.78 is 1.68. The van der Waals surface area contributed by atoms with Gasteiger partial charge in [-0.3, -0.25) is 4.79 Å². The van der Waals surface area contributed by atoms with Crippen LogP contribution in [0.2, 0.25) is 0 Å². The number of amides is 1. The molecule has 0 aliphatic rings. The summed E-state index contributed by atoms with van der Waals surface area (Å²) in [5.74, 6) is -0.295. The highest BCUT2D eigenvalue weighted by Gasteiger charge is 2.09. The van der Waals surface area contributed by atoms with Crippen molar-refractivity contribution < 1.29 is 4.79 Å². The fraction of sp³-hybridized carbons (Fsp3) is 0. The molecule has 92 valence electrons. The van der Waals surface area contributed by atoms with Crippen LogP contribution in [0.3, 0.4) is 0 Å². The molecule has 0 saturated heterocycles. The lowest BCUT2D eigenvalue weighted by Gasteiger charge is -2.08. The molecule has 0 bridgehead atoms. The number of anilines is 2. The van der Waals surface area contributed by atoms with E-state index in [0.717, 1.165) is 8.95 Å². The first-order chi connectivity index (χ1) is 8.56. The standard InChI is InChI=1S/C12H9Br2N3O/c13-7-1-3-10(9(15)5-7)17-12(18)11-4-2-8(14)6-16-11/h1-6H,15H2,(H,17,18). The van der Waals surface area contributed by atoms with Gasteiger partial charge in [-0.1, -0.05) is 15.9 Å². The van der Waals surface area contributed by atoms with E-state index in [2.05, 4.69) is 42.2 Å². The van der Waals surface area contributed by atoms with Crippen molar-refractivity contribution >= 4 is 49.1 Å². The van der Waals surface area contributed by atoms with Gasteiger partial charge in [0.05, 0.1) is 11.4 Å². The monoisotopic (exact) mass is 369 g/mol.